The van der Waals surface area contributed by atoms with Gasteiger partial charge >= 0.3 is 11.9 Å². The SMILES string of the molecule is CC(=O)COCCOCCNC(=O)COCCOCCNC(=O)COCCOCCNC(=O)COCCOCCNC(=O)CCC(NC(=O)CCCCCCCCCCCCCCC(=O)O)C(=O)O. The van der Waals surface area contributed by atoms with Crippen LogP contribution >= 0.6 is 0 Å². The van der Waals surface area contributed by atoms with Crippen molar-refractivity contribution in [3.8, 4) is 0 Å². The van der Waals surface area contributed by atoms with E-state index in [9.17, 15) is 43.5 Å². The van der Waals surface area contributed by atoms with E-state index in [2.05, 4.69) is 26.6 Å². The van der Waals surface area contributed by atoms with E-state index >= 15 is 0 Å². The Morgan fingerprint density at radius 1 is 0.362 bits per heavy atom. The van der Waals surface area contributed by atoms with Crippen LogP contribution in [0.3, 0.4) is 0 Å². The predicted molar refractivity (Wildman–Crippen MR) is 250 cm³/mol. The molecule has 0 aliphatic carbocycles. The molecule has 23 nitrogen and oxygen atoms in total. The fourth-order valence-electron chi connectivity index (χ4n) is 6.01. The molecule has 1 atom stereocenters. The van der Waals surface area contributed by atoms with Gasteiger partial charge in [-0.05, 0) is 26.2 Å². The molecule has 0 radical (unpaired) electrons. The summed E-state index contributed by atoms with van der Waals surface area (Å²) in [4.78, 5) is 93.0. The molecule has 0 saturated heterocycles. The minimum absolute atomic E-state index is 0.0410. The molecule has 0 saturated carbocycles. The zero-order valence-corrected chi connectivity index (χ0v) is 41.0. The van der Waals surface area contributed by atoms with Crippen LogP contribution in [0.4, 0.5) is 0 Å². The summed E-state index contributed by atoms with van der Waals surface area (Å²) >= 11 is 0. The van der Waals surface area contributed by atoms with E-state index in [4.69, 9.17) is 43.0 Å². The zero-order chi connectivity index (χ0) is 50.8. The van der Waals surface area contributed by atoms with Gasteiger partial charge in [0.1, 0.15) is 32.5 Å². The van der Waals surface area contributed by atoms with Gasteiger partial charge in [-0.2, -0.15) is 0 Å². The Labute approximate surface area is 407 Å². The van der Waals surface area contributed by atoms with Crippen LogP contribution in [-0.2, 0) is 76.3 Å². The van der Waals surface area contributed by atoms with Gasteiger partial charge in [0, 0.05) is 45.4 Å². The Morgan fingerprint density at radius 3 is 1.03 bits per heavy atom. The van der Waals surface area contributed by atoms with E-state index in [1.54, 1.807) is 0 Å². The summed E-state index contributed by atoms with van der Waals surface area (Å²) in [6, 6.07) is -1.16. The van der Waals surface area contributed by atoms with Crippen LogP contribution in [0.25, 0.3) is 0 Å². The number of hydrogen-bond donors (Lipinski definition) is 7. The minimum atomic E-state index is -1.20. The summed E-state index contributed by atoms with van der Waals surface area (Å²) < 4.78 is 42.2. The molecule has 0 fully saturated rings. The number of Topliss-reactive ketones (excluding diaryl/α,β-unsaturated/α-hetero) is 1. The summed E-state index contributed by atoms with van der Waals surface area (Å²) in [6.45, 7) is 4.85. The third-order valence-corrected chi connectivity index (χ3v) is 9.60. The lowest BCUT2D eigenvalue weighted by Crippen LogP contribution is -2.41. The van der Waals surface area contributed by atoms with Crippen LogP contribution in [0, 0.1) is 0 Å². The molecule has 5 amide bonds. The highest BCUT2D eigenvalue weighted by Gasteiger charge is 2.21. The summed E-state index contributed by atoms with van der Waals surface area (Å²) in [6.07, 6.45) is 12.6. The topological polar surface area (TPSA) is 311 Å². The number of carboxylic acids is 2. The van der Waals surface area contributed by atoms with E-state index in [1.165, 1.54) is 19.8 Å². The maximum Gasteiger partial charge on any atom is 0.326 e. The zero-order valence-electron chi connectivity index (χ0n) is 41.0. The second-order valence-electron chi connectivity index (χ2n) is 15.9. The molecule has 69 heavy (non-hydrogen) atoms. The Hall–Kier alpha value is -4.36. The number of carbonyl (C=O) groups excluding carboxylic acids is 6. The van der Waals surface area contributed by atoms with Crippen LogP contribution in [0.5, 0.6) is 0 Å². The number of ketones is 1. The minimum Gasteiger partial charge on any atom is -0.481 e. The van der Waals surface area contributed by atoms with Gasteiger partial charge in [-0.1, -0.05) is 64.2 Å². The van der Waals surface area contributed by atoms with E-state index in [0.717, 1.165) is 57.8 Å². The highest BCUT2D eigenvalue weighted by atomic mass is 16.5. The fourth-order valence-corrected chi connectivity index (χ4v) is 6.01. The van der Waals surface area contributed by atoms with Gasteiger partial charge < -0.3 is 74.7 Å². The standard InChI is InChI=1S/C46H83N5O18/c1-38(52)34-66-30-26-63-23-19-48-42(55)36-68-32-28-65-25-21-50-44(57)37-69-33-29-64-24-20-49-43(56)35-67-31-27-62-22-18-47-40(53)17-16-39(46(60)61)51-41(54)14-12-10-8-6-4-2-3-5-7-9-11-13-15-45(58)59/h39H,2-37H2,1H3,(H,47,53)(H,48,55)(H,49,56)(H,50,57)(H,51,54)(H,58,59)(H,60,61). The van der Waals surface area contributed by atoms with Crippen molar-refractivity contribution in [1.29, 1.82) is 0 Å². The molecule has 0 aliphatic heterocycles. The molecule has 0 bridgehead atoms. The van der Waals surface area contributed by atoms with Crippen LogP contribution in [0.15, 0.2) is 0 Å². The molecular formula is C46H83N5O18. The first-order chi connectivity index (χ1) is 33.4. The first-order valence-corrected chi connectivity index (χ1v) is 24.3. The highest BCUT2D eigenvalue weighted by Crippen LogP contribution is 2.13. The van der Waals surface area contributed by atoms with E-state index in [-0.39, 0.29) is 167 Å². The first kappa shape index (κ1) is 64.6. The van der Waals surface area contributed by atoms with Gasteiger partial charge in [0.15, 0.2) is 5.78 Å². The second kappa shape index (κ2) is 48.7. The Balaban J connectivity index is 3.59. The van der Waals surface area contributed by atoms with Crippen LogP contribution in [0.2, 0.25) is 0 Å². The van der Waals surface area contributed by atoms with Gasteiger partial charge in [-0.25, -0.2) is 4.79 Å². The molecule has 0 aromatic carbocycles. The van der Waals surface area contributed by atoms with Gasteiger partial charge in [-0.15, -0.1) is 0 Å². The van der Waals surface area contributed by atoms with Crippen molar-refractivity contribution in [1.82, 2.24) is 26.6 Å². The average Bonchev–Trinajstić information content (AvgIpc) is 3.30. The van der Waals surface area contributed by atoms with Gasteiger partial charge in [0.25, 0.3) is 0 Å². The van der Waals surface area contributed by atoms with E-state index in [1.807, 2.05) is 0 Å². The first-order valence-electron chi connectivity index (χ1n) is 24.3. The Kier molecular flexibility index (Phi) is 45.6. The number of hydrogen-bond acceptors (Lipinski definition) is 16. The van der Waals surface area contributed by atoms with Crippen LogP contribution in [0.1, 0.15) is 110 Å². The lowest BCUT2D eigenvalue weighted by atomic mass is 10.0. The number of ether oxygens (including phenoxy) is 8. The Morgan fingerprint density at radius 2 is 0.681 bits per heavy atom. The lowest BCUT2D eigenvalue weighted by molar-refractivity contribution is -0.142. The maximum absolute atomic E-state index is 12.3. The van der Waals surface area contributed by atoms with Crippen molar-refractivity contribution in [3.63, 3.8) is 0 Å². The van der Waals surface area contributed by atoms with Crippen molar-refractivity contribution in [3.05, 3.63) is 0 Å². The average molecular weight is 994 g/mol. The summed E-state index contributed by atoms with van der Waals surface area (Å²) in [5.41, 5.74) is 0. The maximum atomic E-state index is 12.3. The third kappa shape index (κ3) is 49.9. The summed E-state index contributed by atoms with van der Waals surface area (Å²) in [5, 5.41) is 31.3. The van der Waals surface area contributed by atoms with Crippen molar-refractivity contribution < 1.29 is 86.5 Å². The van der Waals surface area contributed by atoms with Crippen molar-refractivity contribution in [2.75, 3.05) is 132 Å². The van der Waals surface area contributed by atoms with Crippen molar-refractivity contribution in [2.24, 2.45) is 0 Å². The largest absolute Gasteiger partial charge is 0.481 e. The van der Waals surface area contributed by atoms with E-state index in [0.29, 0.717) is 32.8 Å². The molecule has 7 N–H and O–H groups in total. The number of unbranched alkanes of at least 4 members (excludes halogenated alkanes) is 11. The van der Waals surface area contributed by atoms with Crippen molar-refractivity contribution >= 4 is 47.3 Å². The van der Waals surface area contributed by atoms with Crippen molar-refractivity contribution in [2.45, 2.75) is 116 Å². The van der Waals surface area contributed by atoms with Crippen LogP contribution < -0.4 is 26.6 Å². The normalized spacial score (nSPS) is 11.4. The number of carbonyl (C=O) groups is 8. The van der Waals surface area contributed by atoms with Gasteiger partial charge in [0.05, 0.1) is 79.3 Å². The molecule has 0 rings (SSSR count). The number of rotatable bonds is 52. The summed E-state index contributed by atoms with van der Waals surface area (Å²) in [7, 11) is 0. The monoisotopic (exact) mass is 994 g/mol. The smallest absolute Gasteiger partial charge is 0.326 e. The molecule has 1 unspecified atom stereocenters. The third-order valence-electron chi connectivity index (χ3n) is 9.60. The van der Waals surface area contributed by atoms with E-state index < -0.39 is 18.0 Å². The highest BCUT2D eigenvalue weighted by molar-refractivity contribution is 5.84. The fraction of sp³-hybridized carbons (Fsp3) is 0.826. The van der Waals surface area contributed by atoms with Gasteiger partial charge in [0.2, 0.25) is 29.5 Å². The Bertz CT molecular complexity index is 1380. The lowest BCUT2D eigenvalue weighted by Gasteiger charge is -2.14. The molecule has 0 heterocycles. The van der Waals surface area contributed by atoms with Crippen LogP contribution in [-0.4, -0.2) is 195 Å². The molecule has 23 heteroatoms. The quantitative estimate of drug-likeness (QED) is 0.0419. The molecule has 0 aliphatic rings. The molecule has 0 spiro atoms. The summed E-state index contributed by atoms with van der Waals surface area (Å²) in [5.74, 6) is -3.65. The molecular weight excluding hydrogens is 911 g/mol. The predicted octanol–water partition coefficient (Wildman–Crippen LogP) is 1.07. The van der Waals surface area contributed by atoms with Gasteiger partial charge in [-0.3, -0.25) is 33.6 Å². The molecule has 400 valence electrons. The number of amides is 5. The second-order valence-corrected chi connectivity index (χ2v) is 15.9. The number of nitrogens with one attached hydrogen (secondary N) is 5. The molecule has 0 aromatic heterocycles. The number of aliphatic carboxylic acids is 2. The number of carboxylic acid groups (broad SMARTS) is 2. The molecule has 0 aromatic rings.